The van der Waals surface area contributed by atoms with Gasteiger partial charge in [-0.25, -0.2) is 0 Å². The summed E-state index contributed by atoms with van der Waals surface area (Å²) in [6, 6.07) is 37.3. The fraction of sp³-hybridized carbons (Fsp3) is 0. The maximum atomic E-state index is 14.9. The molecule has 3 heteroatoms. The van der Waals surface area contributed by atoms with Gasteiger partial charge in [0.1, 0.15) is 5.58 Å². The summed E-state index contributed by atoms with van der Waals surface area (Å²) in [7, 11) is -3.22. The molecular formula is C26H19O2P. The zero-order valence-electron chi connectivity index (χ0n) is 15.7. The Morgan fingerprint density at radius 2 is 1.03 bits per heavy atom. The third kappa shape index (κ3) is 2.93. The lowest BCUT2D eigenvalue weighted by molar-refractivity contribution is 0.580. The Morgan fingerprint density at radius 3 is 1.62 bits per heavy atom. The second kappa shape index (κ2) is 7.24. The van der Waals surface area contributed by atoms with Crippen LogP contribution in [-0.2, 0) is 4.57 Å². The van der Waals surface area contributed by atoms with Crippen molar-refractivity contribution in [3.8, 4) is 11.1 Å². The van der Waals surface area contributed by atoms with Gasteiger partial charge in [0, 0.05) is 21.6 Å². The van der Waals surface area contributed by atoms with Crippen LogP contribution in [0, 0.1) is 0 Å². The number of hydrogen-bond acceptors (Lipinski definition) is 2. The first-order chi connectivity index (χ1) is 14.3. The van der Waals surface area contributed by atoms with Crippen LogP contribution < -0.4 is 16.1 Å². The first kappa shape index (κ1) is 17.7. The van der Waals surface area contributed by atoms with Crippen molar-refractivity contribution in [3.63, 3.8) is 0 Å². The van der Waals surface area contributed by atoms with Crippen LogP contribution in [0.15, 0.2) is 120 Å². The van der Waals surface area contributed by atoms with Gasteiger partial charge in [0.25, 0.3) is 0 Å². The first-order valence-corrected chi connectivity index (χ1v) is 11.3. The molecule has 0 radical (unpaired) electrons. The molecule has 0 amide bonds. The van der Waals surface area contributed by atoms with Gasteiger partial charge in [0.05, 0.1) is 0 Å². The molecule has 1 aromatic heterocycles. The maximum Gasteiger partial charge on any atom is 0.205 e. The molecule has 0 spiro atoms. The monoisotopic (exact) mass is 394 g/mol. The number of benzene rings is 4. The van der Waals surface area contributed by atoms with E-state index in [0.29, 0.717) is 5.50 Å². The van der Waals surface area contributed by atoms with Gasteiger partial charge < -0.3 is 8.98 Å². The van der Waals surface area contributed by atoms with Gasteiger partial charge in [-0.15, -0.1) is 0 Å². The van der Waals surface area contributed by atoms with Crippen molar-refractivity contribution in [2.24, 2.45) is 0 Å². The third-order valence-electron chi connectivity index (χ3n) is 5.16. The number of fused-ring (bicyclic) bond motifs is 1. The highest BCUT2D eigenvalue weighted by molar-refractivity contribution is 7.85. The van der Waals surface area contributed by atoms with Crippen molar-refractivity contribution < 1.29 is 8.98 Å². The van der Waals surface area contributed by atoms with Gasteiger partial charge in [0.2, 0.25) is 7.14 Å². The predicted molar refractivity (Wildman–Crippen MR) is 121 cm³/mol. The molecular weight excluding hydrogens is 375 g/mol. The lowest BCUT2D eigenvalue weighted by atomic mass is 10.1. The molecule has 0 aliphatic heterocycles. The molecule has 0 atom stereocenters. The molecule has 0 aliphatic rings. The Kier molecular flexibility index (Phi) is 4.42. The average Bonchev–Trinajstić information content (AvgIpc) is 3.20. The number of hydrogen-bond donors (Lipinski definition) is 0. The van der Waals surface area contributed by atoms with Crippen molar-refractivity contribution in [3.05, 3.63) is 115 Å². The molecule has 1 heterocycles. The van der Waals surface area contributed by atoms with E-state index in [1.807, 2.05) is 115 Å². The second-order valence-corrected chi connectivity index (χ2v) is 9.58. The number of para-hydroxylation sites is 1. The zero-order chi connectivity index (χ0) is 19.7. The normalized spacial score (nSPS) is 11.6. The molecule has 0 fully saturated rings. The van der Waals surface area contributed by atoms with E-state index < -0.39 is 7.14 Å². The van der Waals surface area contributed by atoms with E-state index in [4.69, 9.17) is 4.42 Å². The fourth-order valence-electron chi connectivity index (χ4n) is 3.80. The van der Waals surface area contributed by atoms with Crippen LogP contribution in [0.1, 0.15) is 0 Å². The minimum Gasteiger partial charge on any atom is -0.452 e. The topological polar surface area (TPSA) is 30.2 Å². The van der Waals surface area contributed by atoms with Gasteiger partial charge in [-0.3, -0.25) is 0 Å². The van der Waals surface area contributed by atoms with Crippen LogP contribution in [0.5, 0.6) is 0 Å². The van der Waals surface area contributed by atoms with Crippen molar-refractivity contribution in [2.45, 2.75) is 0 Å². The lowest BCUT2D eigenvalue weighted by Crippen LogP contribution is -2.25. The second-order valence-electron chi connectivity index (χ2n) is 6.92. The minimum absolute atomic E-state index is 0.530. The number of rotatable bonds is 4. The maximum absolute atomic E-state index is 14.9. The highest BCUT2D eigenvalue weighted by Gasteiger charge is 2.36. The van der Waals surface area contributed by atoms with Crippen LogP contribution in [0.3, 0.4) is 0 Å². The van der Waals surface area contributed by atoms with Gasteiger partial charge in [0.15, 0.2) is 5.50 Å². The van der Waals surface area contributed by atoms with Crippen LogP contribution in [-0.4, -0.2) is 0 Å². The summed E-state index contributed by atoms with van der Waals surface area (Å²) in [5.74, 6) is 0. The standard InChI is InChI=1S/C26H19O2P/c27-29(21-14-6-2-7-15-21,22-16-8-3-9-17-22)26-25(20-12-4-1-5-13-20)23-18-10-11-19-24(23)28-26/h1-19H. The Hall–Kier alpha value is -3.35. The molecule has 2 nitrogen and oxygen atoms in total. The molecule has 0 aliphatic carbocycles. The summed E-state index contributed by atoms with van der Waals surface area (Å²) in [6.45, 7) is 0. The Bertz CT molecular complexity index is 1260. The third-order valence-corrected chi connectivity index (χ3v) is 8.10. The summed E-state index contributed by atoms with van der Waals surface area (Å²) >= 11 is 0. The van der Waals surface area contributed by atoms with Gasteiger partial charge in [-0.2, -0.15) is 0 Å². The van der Waals surface area contributed by atoms with Crippen LogP contribution in [0.4, 0.5) is 0 Å². The molecule has 0 bridgehead atoms. The molecule has 5 aromatic rings. The Morgan fingerprint density at radius 1 is 0.552 bits per heavy atom. The van der Waals surface area contributed by atoms with Crippen LogP contribution in [0.25, 0.3) is 22.1 Å². The van der Waals surface area contributed by atoms with Crippen molar-refractivity contribution >= 4 is 34.2 Å². The highest BCUT2D eigenvalue weighted by Crippen LogP contribution is 2.47. The molecule has 4 aromatic carbocycles. The molecule has 0 unspecified atom stereocenters. The van der Waals surface area contributed by atoms with E-state index in [1.165, 1.54) is 0 Å². The van der Waals surface area contributed by atoms with Gasteiger partial charge in [-0.1, -0.05) is 109 Å². The lowest BCUT2D eigenvalue weighted by Gasteiger charge is -2.19. The Labute approximate surface area is 169 Å². The Balaban J connectivity index is 1.91. The predicted octanol–water partition coefficient (Wildman–Crippen LogP) is 5.74. The number of furan rings is 1. The van der Waals surface area contributed by atoms with E-state index in [2.05, 4.69) is 0 Å². The van der Waals surface area contributed by atoms with E-state index in [-0.39, 0.29) is 0 Å². The average molecular weight is 394 g/mol. The van der Waals surface area contributed by atoms with E-state index in [1.54, 1.807) is 0 Å². The fourth-order valence-corrected chi connectivity index (χ4v) is 6.54. The van der Waals surface area contributed by atoms with Crippen LogP contribution in [0.2, 0.25) is 0 Å². The highest BCUT2D eigenvalue weighted by atomic mass is 31.2. The van der Waals surface area contributed by atoms with Crippen LogP contribution >= 0.6 is 7.14 Å². The summed E-state index contributed by atoms with van der Waals surface area (Å²) in [4.78, 5) is 0. The first-order valence-electron chi connectivity index (χ1n) is 9.57. The summed E-state index contributed by atoms with van der Waals surface area (Å²) < 4.78 is 21.3. The zero-order valence-corrected chi connectivity index (χ0v) is 16.6. The molecule has 0 N–H and O–H groups in total. The van der Waals surface area contributed by atoms with Crippen molar-refractivity contribution in [1.29, 1.82) is 0 Å². The van der Waals surface area contributed by atoms with Crippen molar-refractivity contribution in [1.82, 2.24) is 0 Å². The molecule has 5 rings (SSSR count). The van der Waals surface area contributed by atoms with E-state index in [9.17, 15) is 4.57 Å². The SMILES string of the molecule is O=P(c1ccccc1)(c1ccccc1)c1oc2ccccc2c1-c1ccccc1. The summed E-state index contributed by atoms with van der Waals surface area (Å²) in [6.07, 6.45) is 0. The van der Waals surface area contributed by atoms with Crippen molar-refractivity contribution in [2.75, 3.05) is 0 Å². The molecule has 0 saturated heterocycles. The molecule has 0 saturated carbocycles. The summed E-state index contributed by atoms with van der Waals surface area (Å²) in [5, 5.41) is 2.51. The molecule has 140 valence electrons. The largest absolute Gasteiger partial charge is 0.452 e. The smallest absolute Gasteiger partial charge is 0.205 e. The van der Waals surface area contributed by atoms with Gasteiger partial charge >= 0.3 is 0 Å². The molecule has 29 heavy (non-hydrogen) atoms. The van der Waals surface area contributed by atoms with E-state index >= 15 is 0 Å². The quantitative estimate of drug-likeness (QED) is 0.364. The van der Waals surface area contributed by atoms with Gasteiger partial charge in [-0.05, 0) is 11.6 Å². The minimum atomic E-state index is -3.22. The summed E-state index contributed by atoms with van der Waals surface area (Å²) in [5.41, 5.74) is 3.17. The van der Waals surface area contributed by atoms with E-state index in [0.717, 1.165) is 32.7 Å².